The van der Waals surface area contributed by atoms with Crippen LogP contribution in [0.1, 0.15) is 22.8 Å². The Morgan fingerprint density at radius 1 is 0.905 bits per heavy atom. The fourth-order valence-corrected chi connectivity index (χ4v) is 2.45. The first-order chi connectivity index (χ1) is 10.3. The molecule has 104 valence electrons. The number of anilines is 1. The lowest BCUT2D eigenvalue weighted by molar-refractivity contribution is 0.102. The summed E-state index contributed by atoms with van der Waals surface area (Å²) in [4.78, 5) is 12.5. The first kappa shape index (κ1) is 13.4. The van der Waals surface area contributed by atoms with Gasteiger partial charge in [-0.1, -0.05) is 55.5 Å². The summed E-state index contributed by atoms with van der Waals surface area (Å²) in [6.07, 6.45) is 0.998. The van der Waals surface area contributed by atoms with E-state index in [1.54, 1.807) is 0 Å². The second kappa shape index (κ2) is 5.80. The number of fused-ring (bicyclic) bond motifs is 1. The number of benzene rings is 3. The minimum Gasteiger partial charge on any atom is -0.322 e. The Bertz CT molecular complexity index is 770. The van der Waals surface area contributed by atoms with E-state index in [2.05, 4.69) is 12.2 Å². The predicted octanol–water partition coefficient (Wildman–Crippen LogP) is 4.65. The Morgan fingerprint density at radius 2 is 1.62 bits per heavy atom. The van der Waals surface area contributed by atoms with Crippen LogP contribution in [-0.4, -0.2) is 5.91 Å². The van der Waals surface area contributed by atoms with Gasteiger partial charge in [-0.05, 0) is 41.0 Å². The van der Waals surface area contributed by atoms with Gasteiger partial charge in [0.25, 0.3) is 5.91 Å². The van der Waals surface area contributed by atoms with E-state index < -0.39 is 0 Å². The lowest BCUT2D eigenvalue weighted by atomic mass is 10.0. The summed E-state index contributed by atoms with van der Waals surface area (Å²) >= 11 is 0. The minimum atomic E-state index is -0.0731. The van der Waals surface area contributed by atoms with E-state index in [-0.39, 0.29) is 5.91 Å². The zero-order chi connectivity index (χ0) is 14.7. The van der Waals surface area contributed by atoms with Gasteiger partial charge in [-0.3, -0.25) is 4.79 Å². The number of nitrogens with one attached hydrogen (secondary N) is 1. The van der Waals surface area contributed by atoms with Crippen LogP contribution in [0.3, 0.4) is 0 Å². The molecule has 0 radical (unpaired) electrons. The molecule has 0 saturated carbocycles. The van der Waals surface area contributed by atoms with Crippen LogP contribution in [0.25, 0.3) is 10.8 Å². The van der Waals surface area contributed by atoms with Crippen molar-refractivity contribution in [2.45, 2.75) is 13.3 Å². The molecule has 0 spiro atoms. The third-order valence-corrected chi connectivity index (χ3v) is 3.65. The number of amides is 1. The normalized spacial score (nSPS) is 10.5. The van der Waals surface area contributed by atoms with Gasteiger partial charge in [0.2, 0.25) is 0 Å². The Balaban J connectivity index is 1.90. The topological polar surface area (TPSA) is 29.1 Å². The van der Waals surface area contributed by atoms with Crippen molar-refractivity contribution in [1.29, 1.82) is 0 Å². The van der Waals surface area contributed by atoms with E-state index in [0.29, 0.717) is 5.56 Å². The van der Waals surface area contributed by atoms with Crippen LogP contribution < -0.4 is 5.32 Å². The predicted molar refractivity (Wildman–Crippen MR) is 87.7 cm³/mol. The van der Waals surface area contributed by atoms with Crippen molar-refractivity contribution in [1.82, 2.24) is 0 Å². The molecular formula is C19H17NO. The highest BCUT2D eigenvalue weighted by Gasteiger charge is 2.09. The molecule has 1 N–H and O–H groups in total. The molecule has 0 atom stereocenters. The van der Waals surface area contributed by atoms with Gasteiger partial charge in [-0.2, -0.15) is 0 Å². The zero-order valence-electron chi connectivity index (χ0n) is 12.0. The zero-order valence-corrected chi connectivity index (χ0v) is 12.0. The van der Waals surface area contributed by atoms with E-state index in [1.807, 2.05) is 66.7 Å². The summed E-state index contributed by atoms with van der Waals surface area (Å²) in [7, 11) is 0. The average molecular weight is 275 g/mol. The first-order valence-corrected chi connectivity index (χ1v) is 7.16. The van der Waals surface area contributed by atoms with Crippen LogP contribution in [-0.2, 0) is 6.42 Å². The second-order valence-corrected chi connectivity index (χ2v) is 5.03. The van der Waals surface area contributed by atoms with Crippen LogP contribution in [0.5, 0.6) is 0 Å². The number of hydrogen-bond donors (Lipinski definition) is 1. The highest BCUT2D eigenvalue weighted by molar-refractivity contribution is 6.12. The van der Waals surface area contributed by atoms with Crippen LogP contribution in [0.2, 0.25) is 0 Å². The van der Waals surface area contributed by atoms with Crippen LogP contribution in [0.15, 0.2) is 66.7 Å². The van der Waals surface area contributed by atoms with Gasteiger partial charge >= 0.3 is 0 Å². The molecule has 3 aromatic carbocycles. The summed E-state index contributed by atoms with van der Waals surface area (Å²) in [5.41, 5.74) is 2.79. The fraction of sp³-hybridized carbons (Fsp3) is 0.105. The van der Waals surface area contributed by atoms with E-state index in [1.165, 1.54) is 5.56 Å². The van der Waals surface area contributed by atoms with Crippen LogP contribution in [0, 0.1) is 0 Å². The molecule has 0 bridgehead atoms. The number of hydrogen-bond acceptors (Lipinski definition) is 1. The molecule has 3 aromatic rings. The molecule has 2 heteroatoms. The van der Waals surface area contributed by atoms with Crippen LogP contribution in [0.4, 0.5) is 5.69 Å². The number of rotatable bonds is 3. The largest absolute Gasteiger partial charge is 0.322 e. The van der Waals surface area contributed by atoms with Crippen molar-refractivity contribution in [2.24, 2.45) is 0 Å². The Kier molecular flexibility index (Phi) is 3.69. The smallest absolute Gasteiger partial charge is 0.256 e. The van der Waals surface area contributed by atoms with Gasteiger partial charge in [0.1, 0.15) is 0 Å². The van der Waals surface area contributed by atoms with Crippen molar-refractivity contribution >= 4 is 22.4 Å². The average Bonchev–Trinajstić information content (AvgIpc) is 2.55. The Morgan fingerprint density at radius 3 is 2.38 bits per heavy atom. The van der Waals surface area contributed by atoms with Gasteiger partial charge in [0, 0.05) is 11.3 Å². The standard InChI is InChI=1S/C19H17NO/c1-2-14-10-12-16(13-11-14)20-19(21)18-9-5-7-15-6-3-4-8-17(15)18/h3-13H,2H2,1H3,(H,20,21). The number of aryl methyl sites for hydroxylation is 1. The SMILES string of the molecule is CCc1ccc(NC(=O)c2cccc3ccccc23)cc1. The molecule has 0 saturated heterocycles. The van der Waals surface area contributed by atoms with Gasteiger partial charge in [0.15, 0.2) is 0 Å². The maximum absolute atomic E-state index is 12.5. The summed E-state index contributed by atoms with van der Waals surface area (Å²) in [6.45, 7) is 2.11. The molecule has 0 heterocycles. The molecular weight excluding hydrogens is 258 g/mol. The monoisotopic (exact) mass is 275 g/mol. The summed E-state index contributed by atoms with van der Waals surface area (Å²) < 4.78 is 0. The summed E-state index contributed by atoms with van der Waals surface area (Å²) in [5.74, 6) is -0.0731. The van der Waals surface area contributed by atoms with Gasteiger partial charge < -0.3 is 5.32 Å². The fourth-order valence-electron chi connectivity index (χ4n) is 2.45. The van der Waals surface area contributed by atoms with Crippen molar-refractivity contribution < 1.29 is 4.79 Å². The molecule has 2 nitrogen and oxygen atoms in total. The minimum absolute atomic E-state index is 0.0731. The lowest BCUT2D eigenvalue weighted by Crippen LogP contribution is -2.12. The molecule has 0 aliphatic carbocycles. The maximum atomic E-state index is 12.5. The molecule has 0 fully saturated rings. The van der Waals surface area contributed by atoms with E-state index in [9.17, 15) is 4.79 Å². The summed E-state index contributed by atoms with van der Waals surface area (Å²) in [5, 5.41) is 5.01. The number of carbonyl (C=O) groups excluding carboxylic acids is 1. The molecule has 21 heavy (non-hydrogen) atoms. The highest BCUT2D eigenvalue weighted by Crippen LogP contribution is 2.20. The second-order valence-electron chi connectivity index (χ2n) is 5.03. The Labute approximate surface area is 124 Å². The summed E-state index contributed by atoms with van der Waals surface area (Å²) in [6, 6.07) is 21.7. The molecule has 0 aliphatic heterocycles. The van der Waals surface area contributed by atoms with E-state index in [0.717, 1.165) is 22.9 Å². The molecule has 0 unspecified atom stereocenters. The number of carbonyl (C=O) groups is 1. The molecule has 1 amide bonds. The Hall–Kier alpha value is -2.61. The third kappa shape index (κ3) is 2.79. The van der Waals surface area contributed by atoms with E-state index in [4.69, 9.17) is 0 Å². The molecule has 3 rings (SSSR count). The lowest BCUT2D eigenvalue weighted by Gasteiger charge is -2.08. The van der Waals surface area contributed by atoms with Crippen molar-refractivity contribution in [3.8, 4) is 0 Å². The quantitative estimate of drug-likeness (QED) is 0.740. The van der Waals surface area contributed by atoms with E-state index >= 15 is 0 Å². The molecule has 0 aliphatic rings. The van der Waals surface area contributed by atoms with Crippen molar-refractivity contribution in [3.05, 3.63) is 77.9 Å². The third-order valence-electron chi connectivity index (χ3n) is 3.65. The maximum Gasteiger partial charge on any atom is 0.256 e. The van der Waals surface area contributed by atoms with Crippen molar-refractivity contribution in [3.63, 3.8) is 0 Å². The van der Waals surface area contributed by atoms with Crippen LogP contribution >= 0.6 is 0 Å². The molecule has 0 aromatic heterocycles. The van der Waals surface area contributed by atoms with Crippen molar-refractivity contribution in [2.75, 3.05) is 5.32 Å². The first-order valence-electron chi connectivity index (χ1n) is 7.16. The van der Waals surface area contributed by atoms with Gasteiger partial charge in [-0.15, -0.1) is 0 Å². The highest BCUT2D eigenvalue weighted by atomic mass is 16.1. The van der Waals surface area contributed by atoms with Gasteiger partial charge in [-0.25, -0.2) is 0 Å². The van der Waals surface area contributed by atoms with Gasteiger partial charge in [0.05, 0.1) is 0 Å².